The Labute approximate surface area is 123 Å². The maximum atomic E-state index is 13.6. The Balaban J connectivity index is 3.13. The van der Waals surface area contributed by atoms with Crippen LogP contribution in [-0.2, 0) is 0 Å². The van der Waals surface area contributed by atoms with Crippen molar-refractivity contribution in [2.75, 3.05) is 11.4 Å². The highest BCUT2D eigenvalue weighted by molar-refractivity contribution is 5.49. The van der Waals surface area contributed by atoms with Crippen molar-refractivity contribution in [2.45, 2.75) is 44.8 Å². The number of hydrogen-bond acceptors (Lipinski definition) is 1. The first-order valence-corrected chi connectivity index (χ1v) is 6.78. The normalized spacial score (nSPS) is 12.5. The zero-order valence-electron chi connectivity index (χ0n) is 11.9. The van der Waals surface area contributed by atoms with E-state index in [0.717, 1.165) is 6.42 Å². The van der Waals surface area contributed by atoms with Gasteiger partial charge in [-0.05, 0) is 18.6 Å². The third-order valence-electron chi connectivity index (χ3n) is 3.11. The Hall–Kier alpha value is -1.47. The minimum atomic E-state index is -5.89. The zero-order chi connectivity index (χ0) is 17.0. The molecule has 126 valence electrons. The van der Waals surface area contributed by atoms with Crippen molar-refractivity contribution in [2.24, 2.45) is 0 Å². The van der Waals surface area contributed by atoms with Gasteiger partial charge in [-0.2, -0.15) is 22.0 Å². The van der Waals surface area contributed by atoms with E-state index >= 15 is 0 Å². The molecule has 0 aliphatic heterocycles. The van der Waals surface area contributed by atoms with Crippen LogP contribution in [0.4, 0.5) is 36.4 Å². The summed E-state index contributed by atoms with van der Waals surface area (Å²) in [5.74, 6) is -2.42. The van der Waals surface area contributed by atoms with E-state index in [2.05, 4.69) is 0 Å². The maximum absolute atomic E-state index is 13.6. The highest BCUT2D eigenvalue weighted by Gasteiger charge is 2.62. The Morgan fingerprint density at radius 1 is 0.955 bits per heavy atom. The van der Waals surface area contributed by atoms with Crippen LogP contribution in [0.1, 0.15) is 32.6 Å². The summed E-state index contributed by atoms with van der Waals surface area (Å²) in [6.07, 6.45) is -4.06. The molecule has 0 spiro atoms. The number of anilines is 1. The molecule has 0 saturated carbocycles. The van der Waals surface area contributed by atoms with Gasteiger partial charge in [0.1, 0.15) is 11.6 Å². The Kier molecular flexibility index (Phi) is 6.08. The second-order valence-electron chi connectivity index (χ2n) is 4.85. The summed E-state index contributed by atoms with van der Waals surface area (Å²) >= 11 is 0. The van der Waals surface area contributed by atoms with Crippen LogP contribution >= 0.6 is 0 Å². The van der Waals surface area contributed by atoms with Gasteiger partial charge < -0.3 is 4.90 Å². The number of hydrogen-bond donors (Lipinski definition) is 0. The number of unbranched alkanes of at least 4 members (excludes halogenated alkanes) is 3. The Bertz CT molecular complexity index is 485. The Morgan fingerprint density at radius 2 is 1.59 bits per heavy atom. The largest absolute Gasteiger partial charge is 0.475 e. The van der Waals surface area contributed by atoms with E-state index in [1.807, 2.05) is 6.92 Å². The highest BCUT2D eigenvalue weighted by atomic mass is 19.4. The van der Waals surface area contributed by atoms with Gasteiger partial charge in [-0.25, -0.2) is 8.78 Å². The number of nitrogens with zero attached hydrogens (tertiary/aromatic N) is 1. The number of alkyl halides is 5. The summed E-state index contributed by atoms with van der Waals surface area (Å²) in [7, 11) is 0. The van der Waals surface area contributed by atoms with Gasteiger partial charge in [0.15, 0.2) is 0 Å². The molecule has 0 amide bonds. The van der Waals surface area contributed by atoms with Crippen molar-refractivity contribution in [1.82, 2.24) is 0 Å². The summed E-state index contributed by atoms with van der Waals surface area (Å²) in [6.45, 7) is 1.11. The maximum Gasteiger partial charge on any atom is 0.475 e. The SMILES string of the molecule is CCCCCCN(c1cc(F)ccc1F)C(F)(F)C(F)(F)F. The lowest BCUT2D eigenvalue weighted by Crippen LogP contribution is -2.53. The molecule has 0 atom stereocenters. The van der Waals surface area contributed by atoms with Crippen LogP contribution in [-0.4, -0.2) is 18.8 Å². The number of benzene rings is 1. The van der Waals surface area contributed by atoms with E-state index in [1.54, 1.807) is 0 Å². The molecule has 8 heteroatoms. The molecular weight excluding hydrogens is 315 g/mol. The van der Waals surface area contributed by atoms with E-state index < -0.39 is 41.0 Å². The summed E-state index contributed by atoms with van der Waals surface area (Å²) in [4.78, 5) is -0.416. The molecule has 1 nitrogen and oxygen atoms in total. The molecule has 0 bridgehead atoms. The predicted molar refractivity (Wildman–Crippen MR) is 68.8 cm³/mol. The van der Waals surface area contributed by atoms with Crippen LogP contribution in [0.15, 0.2) is 18.2 Å². The standard InChI is InChI=1S/C14H16F7N/c1-2-3-4-5-8-22(14(20,21)13(17,18)19)12-9-10(15)6-7-11(12)16/h6-7,9H,2-5,8H2,1H3. The van der Waals surface area contributed by atoms with Gasteiger partial charge in [0.25, 0.3) is 0 Å². The molecule has 22 heavy (non-hydrogen) atoms. The van der Waals surface area contributed by atoms with Crippen LogP contribution in [0.25, 0.3) is 0 Å². The molecule has 0 saturated heterocycles. The van der Waals surface area contributed by atoms with Gasteiger partial charge in [-0.3, -0.25) is 0 Å². The second-order valence-corrected chi connectivity index (χ2v) is 4.85. The van der Waals surface area contributed by atoms with Crippen LogP contribution in [0, 0.1) is 11.6 Å². The highest BCUT2D eigenvalue weighted by Crippen LogP contribution is 2.41. The number of rotatable bonds is 7. The van der Waals surface area contributed by atoms with E-state index in [9.17, 15) is 30.7 Å². The summed E-state index contributed by atoms with van der Waals surface area (Å²) < 4.78 is 91.7. The topological polar surface area (TPSA) is 3.24 Å². The van der Waals surface area contributed by atoms with Crippen LogP contribution in [0.5, 0.6) is 0 Å². The fourth-order valence-electron chi connectivity index (χ4n) is 1.95. The second kappa shape index (κ2) is 7.19. The van der Waals surface area contributed by atoms with Crippen molar-refractivity contribution >= 4 is 5.69 Å². The lowest BCUT2D eigenvalue weighted by Gasteiger charge is -2.34. The molecule has 1 rings (SSSR count). The van der Waals surface area contributed by atoms with Crippen molar-refractivity contribution in [1.29, 1.82) is 0 Å². The molecule has 0 aromatic heterocycles. The lowest BCUT2D eigenvalue weighted by molar-refractivity contribution is -0.281. The zero-order valence-corrected chi connectivity index (χ0v) is 11.9. The fourth-order valence-corrected chi connectivity index (χ4v) is 1.95. The van der Waals surface area contributed by atoms with Crippen LogP contribution in [0.3, 0.4) is 0 Å². The quantitative estimate of drug-likeness (QED) is 0.362. The third-order valence-corrected chi connectivity index (χ3v) is 3.11. The number of halogens is 7. The molecule has 0 fully saturated rings. The van der Waals surface area contributed by atoms with E-state index in [-0.39, 0.29) is 6.42 Å². The first-order chi connectivity index (χ1) is 10.1. The minimum Gasteiger partial charge on any atom is -0.303 e. The fraction of sp³-hybridized carbons (Fsp3) is 0.571. The van der Waals surface area contributed by atoms with Gasteiger partial charge in [0, 0.05) is 12.6 Å². The van der Waals surface area contributed by atoms with Crippen molar-refractivity contribution in [3.63, 3.8) is 0 Å². The molecule has 0 heterocycles. The van der Waals surface area contributed by atoms with Gasteiger partial charge in [-0.15, -0.1) is 0 Å². The lowest BCUT2D eigenvalue weighted by atomic mass is 10.1. The van der Waals surface area contributed by atoms with Crippen LogP contribution < -0.4 is 4.90 Å². The summed E-state index contributed by atoms with van der Waals surface area (Å²) in [5, 5.41) is 0. The third kappa shape index (κ3) is 4.27. The molecule has 1 aromatic rings. The Morgan fingerprint density at radius 3 is 2.14 bits per heavy atom. The van der Waals surface area contributed by atoms with E-state index in [4.69, 9.17) is 0 Å². The van der Waals surface area contributed by atoms with E-state index in [1.165, 1.54) is 0 Å². The first kappa shape index (κ1) is 18.6. The molecule has 1 aromatic carbocycles. The summed E-state index contributed by atoms with van der Waals surface area (Å²) in [5.41, 5.74) is -1.10. The first-order valence-electron chi connectivity index (χ1n) is 6.78. The molecular formula is C14H16F7N. The smallest absolute Gasteiger partial charge is 0.303 e. The monoisotopic (exact) mass is 331 g/mol. The van der Waals surface area contributed by atoms with Gasteiger partial charge in [0.05, 0.1) is 5.69 Å². The van der Waals surface area contributed by atoms with Gasteiger partial charge in [0.2, 0.25) is 0 Å². The van der Waals surface area contributed by atoms with Crippen molar-refractivity contribution in [3.05, 3.63) is 29.8 Å². The van der Waals surface area contributed by atoms with Gasteiger partial charge >= 0.3 is 12.2 Å². The van der Waals surface area contributed by atoms with Gasteiger partial charge in [-0.1, -0.05) is 26.2 Å². The molecule has 0 aliphatic carbocycles. The minimum absolute atomic E-state index is 0.00939. The average molecular weight is 331 g/mol. The summed E-state index contributed by atoms with van der Waals surface area (Å²) in [6, 6.07) is -3.77. The average Bonchev–Trinajstić information content (AvgIpc) is 2.40. The van der Waals surface area contributed by atoms with Crippen molar-refractivity contribution in [3.8, 4) is 0 Å². The molecule has 0 aliphatic rings. The predicted octanol–water partition coefficient (Wildman–Crippen LogP) is 5.51. The van der Waals surface area contributed by atoms with E-state index in [0.29, 0.717) is 31.0 Å². The van der Waals surface area contributed by atoms with Crippen molar-refractivity contribution < 1.29 is 30.7 Å². The molecule has 0 N–H and O–H groups in total. The van der Waals surface area contributed by atoms with Crippen LogP contribution in [0.2, 0.25) is 0 Å². The molecule has 0 unspecified atom stereocenters. The molecule has 0 radical (unpaired) electrons.